The average Bonchev–Trinajstić information content (AvgIpc) is 2.28. The summed E-state index contributed by atoms with van der Waals surface area (Å²) in [5.41, 5.74) is 1.68. The SMILES string of the molecule is CCOC(=N)c1cccc2ncccc12. The molecule has 0 saturated carbocycles. The Balaban J connectivity index is 2.56. The summed E-state index contributed by atoms with van der Waals surface area (Å²) in [7, 11) is 0. The standard InChI is InChI=1S/C12H12N2O/c1-2-15-12(13)10-5-3-7-11-9(10)6-4-8-14-11/h3-8,13H,2H2,1H3. The van der Waals surface area contributed by atoms with Crippen molar-refractivity contribution < 1.29 is 4.74 Å². The number of rotatable bonds is 2. The van der Waals surface area contributed by atoms with Gasteiger partial charge in [0.2, 0.25) is 5.90 Å². The molecule has 3 nitrogen and oxygen atoms in total. The minimum atomic E-state index is 0.205. The van der Waals surface area contributed by atoms with Gasteiger partial charge < -0.3 is 4.74 Å². The first-order chi connectivity index (χ1) is 7.33. The summed E-state index contributed by atoms with van der Waals surface area (Å²) in [6, 6.07) is 9.51. The van der Waals surface area contributed by atoms with Gasteiger partial charge in [-0.1, -0.05) is 12.1 Å². The molecule has 0 spiro atoms. The third-order valence-electron chi connectivity index (χ3n) is 2.18. The van der Waals surface area contributed by atoms with E-state index >= 15 is 0 Å². The Labute approximate surface area is 88.2 Å². The van der Waals surface area contributed by atoms with Crippen LogP contribution in [0.25, 0.3) is 10.9 Å². The van der Waals surface area contributed by atoms with Crippen LogP contribution in [-0.4, -0.2) is 17.5 Å². The van der Waals surface area contributed by atoms with E-state index in [1.54, 1.807) is 6.20 Å². The van der Waals surface area contributed by atoms with Gasteiger partial charge in [-0.05, 0) is 25.1 Å². The van der Waals surface area contributed by atoms with Crippen LogP contribution in [0.4, 0.5) is 0 Å². The molecule has 0 aliphatic rings. The normalized spacial score (nSPS) is 10.2. The summed E-state index contributed by atoms with van der Waals surface area (Å²) in [5.74, 6) is 0.205. The molecule has 1 aromatic heterocycles. The summed E-state index contributed by atoms with van der Waals surface area (Å²) >= 11 is 0. The minimum Gasteiger partial charge on any atom is -0.478 e. The van der Waals surface area contributed by atoms with Gasteiger partial charge in [0.25, 0.3) is 0 Å². The minimum absolute atomic E-state index is 0.205. The average molecular weight is 200 g/mol. The first-order valence-corrected chi connectivity index (χ1v) is 4.88. The summed E-state index contributed by atoms with van der Waals surface area (Å²) in [5, 5.41) is 8.72. The Morgan fingerprint density at radius 3 is 3.00 bits per heavy atom. The predicted molar refractivity (Wildman–Crippen MR) is 60.2 cm³/mol. The number of pyridine rings is 1. The Hall–Kier alpha value is -1.90. The van der Waals surface area contributed by atoms with E-state index in [4.69, 9.17) is 10.1 Å². The molecule has 0 bridgehead atoms. The van der Waals surface area contributed by atoms with E-state index in [-0.39, 0.29) is 5.90 Å². The van der Waals surface area contributed by atoms with Crippen LogP contribution < -0.4 is 0 Å². The van der Waals surface area contributed by atoms with Gasteiger partial charge in [0.05, 0.1) is 12.1 Å². The van der Waals surface area contributed by atoms with Crippen molar-refractivity contribution in [1.82, 2.24) is 4.98 Å². The first kappa shape index (κ1) is 9.65. The highest BCUT2D eigenvalue weighted by molar-refractivity contribution is 6.04. The van der Waals surface area contributed by atoms with Crippen molar-refractivity contribution in [2.75, 3.05) is 6.61 Å². The number of nitrogens with one attached hydrogen (secondary N) is 1. The molecule has 1 aromatic carbocycles. The van der Waals surface area contributed by atoms with Crippen molar-refractivity contribution in [3.8, 4) is 0 Å². The maximum Gasteiger partial charge on any atom is 0.213 e. The first-order valence-electron chi connectivity index (χ1n) is 4.88. The number of nitrogens with zero attached hydrogens (tertiary/aromatic N) is 1. The third-order valence-corrected chi connectivity index (χ3v) is 2.18. The summed E-state index contributed by atoms with van der Waals surface area (Å²) in [6.45, 7) is 2.38. The van der Waals surface area contributed by atoms with Gasteiger partial charge in [-0.3, -0.25) is 10.4 Å². The highest BCUT2D eigenvalue weighted by Crippen LogP contribution is 2.16. The van der Waals surface area contributed by atoms with Gasteiger partial charge in [0, 0.05) is 17.1 Å². The Kier molecular flexibility index (Phi) is 2.63. The second-order valence-electron chi connectivity index (χ2n) is 3.14. The van der Waals surface area contributed by atoms with E-state index in [2.05, 4.69) is 4.98 Å². The zero-order chi connectivity index (χ0) is 10.7. The number of hydrogen-bond acceptors (Lipinski definition) is 3. The van der Waals surface area contributed by atoms with Crippen LogP contribution in [0.1, 0.15) is 12.5 Å². The monoisotopic (exact) mass is 200 g/mol. The fourth-order valence-electron chi connectivity index (χ4n) is 1.52. The zero-order valence-corrected chi connectivity index (χ0v) is 8.53. The zero-order valence-electron chi connectivity index (χ0n) is 8.53. The fourth-order valence-corrected chi connectivity index (χ4v) is 1.52. The van der Waals surface area contributed by atoms with Gasteiger partial charge >= 0.3 is 0 Å². The third kappa shape index (κ3) is 1.81. The Morgan fingerprint density at radius 2 is 2.20 bits per heavy atom. The molecule has 0 radical (unpaired) electrons. The van der Waals surface area contributed by atoms with Crippen LogP contribution in [0.2, 0.25) is 0 Å². The van der Waals surface area contributed by atoms with Gasteiger partial charge in [0.15, 0.2) is 0 Å². The van der Waals surface area contributed by atoms with E-state index in [0.29, 0.717) is 6.61 Å². The second-order valence-corrected chi connectivity index (χ2v) is 3.14. The molecule has 0 fully saturated rings. The summed E-state index contributed by atoms with van der Waals surface area (Å²) in [4.78, 5) is 4.23. The molecule has 3 heteroatoms. The predicted octanol–water partition coefficient (Wildman–Crippen LogP) is 2.60. The molecule has 0 aliphatic carbocycles. The van der Waals surface area contributed by atoms with Crippen LogP contribution in [0.15, 0.2) is 36.5 Å². The maximum atomic E-state index is 7.76. The lowest BCUT2D eigenvalue weighted by atomic mass is 10.1. The van der Waals surface area contributed by atoms with Crippen LogP contribution in [0.3, 0.4) is 0 Å². The van der Waals surface area contributed by atoms with Gasteiger partial charge in [-0.15, -0.1) is 0 Å². The number of ether oxygens (including phenoxy) is 1. The lowest BCUT2D eigenvalue weighted by molar-refractivity contribution is 0.326. The van der Waals surface area contributed by atoms with Crippen LogP contribution in [-0.2, 0) is 4.74 Å². The quantitative estimate of drug-likeness (QED) is 0.598. The maximum absolute atomic E-state index is 7.76. The highest BCUT2D eigenvalue weighted by atomic mass is 16.5. The number of hydrogen-bond donors (Lipinski definition) is 1. The van der Waals surface area contributed by atoms with E-state index < -0.39 is 0 Å². The smallest absolute Gasteiger partial charge is 0.213 e. The molecule has 1 heterocycles. The molecule has 0 amide bonds. The summed E-state index contributed by atoms with van der Waals surface area (Å²) < 4.78 is 5.19. The molecule has 0 saturated heterocycles. The number of fused-ring (bicyclic) bond motifs is 1. The molecular weight excluding hydrogens is 188 g/mol. The topological polar surface area (TPSA) is 46.0 Å². The van der Waals surface area contributed by atoms with Crippen LogP contribution in [0, 0.1) is 5.41 Å². The molecule has 0 aliphatic heterocycles. The molecular formula is C12H12N2O. The number of benzene rings is 1. The molecule has 1 N–H and O–H groups in total. The second kappa shape index (κ2) is 4.09. The highest BCUT2D eigenvalue weighted by Gasteiger charge is 2.06. The Bertz CT molecular complexity index is 488. The summed E-state index contributed by atoms with van der Waals surface area (Å²) in [6.07, 6.45) is 1.75. The molecule has 15 heavy (non-hydrogen) atoms. The van der Waals surface area contributed by atoms with Crippen molar-refractivity contribution in [3.05, 3.63) is 42.1 Å². The van der Waals surface area contributed by atoms with Crippen molar-refractivity contribution >= 4 is 16.8 Å². The number of aromatic nitrogens is 1. The van der Waals surface area contributed by atoms with Crippen LogP contribution >= 0.6 is 0 Å². The lowest BCUT2D eigenvalue weighted by Crippen LogP contribution is -2.05. The Morgan fingerprint density at radius 1 is 1.33 bits per heavy atom. The van der Waals surface area contributed by atoms with Crippen molar-refractivity contribution in [2.24, 2.45) is 0 Å². The molecule has 76 valence electrons. The van der Waals surface area contributed by atoms with Gasteiger partial charge in [-0.2, -0.15) is 0 Å². The lowest BCUT2D eigenvalue weighted by Gasteiger charge is -2.07. The van der Waals surface area contributed by atoms with E-state index in [1.165, 1.54) is 0 Å². The molecule has 2 rings (SSSR count). The largest absolute Gasteiger partial charge is 0.478 e. The molecule has 2 aromatic rings. The molecule has 0 atom stereocenters. The van der Waals surface area contributed by atoms with Crippen molar-refractivity contribution in [1.29, 1.82) is 5.41 Å². The van der Waals surface area contributed by atoms with Crippen molar-refractivity contribution in [3.63, 3.8) is 0 Å². The van der Waals surface area contributed by atoms with Gasteiger partial charge in [0.1, 0.15) is 0 Å². The van der Waals surface area contributed by atoms with E-state index in [9.17, 15) is 0 Å². The molecule has 0 unspecified atom stereocenters. The van der Waals surface area contributed by atoms with E-state index in [0.717, 1.165) is 16.5 Å². The van der Waals surface area contributed by atoms with Crippen molar-refractivity contribution in [2.45, 2.75) is 6.92 Å². The van der Waals surface area contributed by atoms with E-state index in [1.807, 2.05) is 37.3 Å². The van der Waals surface area contributed by atoms with Gasteiger partial charge in [-0.25, -0.2) is 0 Å². The fraction of sp³-hybridized carbons (Fsp3) is 0.167. The van der Waals surface area contributed by atoms with Crippen LogP contribution in [0.5, 0.6) is 0 Å².